The van der Waals surface area contributed by atoms with E-state index < -0.39 is 0 Å². The van der Waals surface area contributed by atoms with Crippen molar-refractivity contribution in [3.8, 4) is 0 Å². The van der Waals surface area contributed by atoms with Crippen molar-refractivity contribution in [3.05, 3.63) is 41.9 Å². The third-order valence-electron chi connectivity index (χ3n) is 2.86. The Morgan fingerprint density at radius 3 is 3.00 bits per heavy atom. The highest BCUT2D eigenvalue weighted by Crippen LogP contribution is 2.14. The van der Waals surface area contributed by atoms with Crippen LogP contribution in [0, 0.1) is 0 Å². The van der Waals surface area contributed by atoms with E-state index in [1.54, 1.807) is 18.5 Å². The molecule has 17 heavy (non-hydrogen) atoms. The number of carbonyl (C=O) groups excluding carboxylic acids is 1. The minimum absolute atomic E-state index is 0.124. The molecule has 0 fully saturated rings. The minimum Gasteiger partial charge on any atom is -0.469 e. The molecular formula is C13H16N2O2. The number of rotatable bonds is 5. The van der Waals surface area contributed by atoms with Crippen LogP contribution in [-0.2, 0) is 19.9 Å². The normalized spacial score (nSPS) is 10.7. The molecular weight excluding hydrogens is 216 g/mol. The van der Waals surface area contributed by atoms with E-state index in [9.17, 15) is 4.79 Å². The molecule has 4 heteroatoms. The number of imidazole rings is 1. The van der Waals surface area contributed by atoms with Gasteiger partial charge in [-0.2, -0.15) is 0 Å². The second-order valence-electron chi connectivity index (χ2n) is 3.99. The number of Topliss-reactive ketones (excluding diaryl/α,β-unsaturated/α-hetero) is 1. The summed E-state index contributed by atoms with van der Waals surface area (Å²) in [4.78, 5) is 16.2. The molecule has 0 aliphatic rings. The van der Waals surface area contributed by atoms with E-state index in [1.165, 1.54) is 0 Å². The molecule has 0 aliphatic carbocycles. The highest BCUT2D eigenvalue weighted by molar-refractivity contribution is 5.97. The number of ketones is 1. The molecule has 2 aromatic rings. The lowest BCUT2D eigenvalue weighted by Crippen LogP contribution is -2.05. The maximum absolute atomic E-state index is 12.0. The van der Waals surface area contributed by atoms with Crippen molar-refractivity contribution < 1.29 is 9.21 Å². The molecule has 0 aromatic carbocycles. The average Bonchev–Trinajstić information content (AvgIpc) is 2.94. The summed E-state index contributed by atoms with van der Waals surface area (Å²) in [5.74, 6) is 1.83. The molecule has 0 bridgehead atoms. The van der Waals surface area contributed by atoms with Crippen LogP contribution in [0.3, 0.4) is 0 Å². The third kappa shape index (κ3) is 2.46. The zero-order chi connectivity index (χ0) is 12.3. The number of carbonyl (C=O) groups is 1. The van der Waals surface area contributed by atoms with Crippen LogP contribution in [-0.4, -0.2) is 15.3 Å². The fraction of sp³-hybridized carbons (Fsp3) is 0.385. The van der Waals surface area contributed by atoms with E-state index >= 15 is 0 Å². The van der Waals surface area contributed by atoms with Crippen LogP contribution in [0.1, 0.15) is 35.3 Å². The van der Waals surface area contributed by atoms with Crippen molar-refractivity contribution in [1.82, 2.24) is 9.55 Å². The maximum atomic E-state index is 12.0. The number of furan rings is 1. The number of nitrogens with zero attached hydrogens (tertiary/aromatic N) is 2. The first-order valence-electron chi connectivity index (χ1n) is 5.78. The van der Waals surface area contributed by atoms with Crippen molar-refractivity contribution in [3.63, 3.8) is 0 Å². The Bertz CT molecular complexity index is 511. The largest absolute Gasteiger partial charge is 0.469 e. The Labute approximate surface area is 100 Å². The summed E-state index contributed by atoms with van der Waals surface area (Å²) in [5, 5.41) is 0. The van der Waals surface area contributed by atoms with Gasteiger partial charge in [-0.3, -0.25) is 4.79 Å². The van der Waals surface area contributed by atoms with Crippen molar-refractivity contribution in [2.24, 2.45) is 7.05 Å². The van der Waals surface area contributed by atoms with Crippen molar-refractivity contribution in [2.75, 3.05) is 0 Å². The molecule has 0 saturated carbocycles. The summed E-state index contributed by atoms with van der Waals surface area (Å²) in [7, 11) is 1.93. The van der Waals surface area contributed by atoms with Gasteiger partial charge in [0.2, 0.25) is 0 Å². The first kappa shape index (κ1) is 11.6. The molecule has 0 unspecified atom stereocenters. The molecule has 0 radical (unpaired) electrons. The van der Waals surface area contributed by atoms with Gasteiger partial charge >= 0.3 is 0 Å². The number of hydrogen-bond acceptors (Lipinski definition) is 3. The van der Waals surface area contributed by atoms with Crippen LogP contribution in [0.25, 0.3) is 0 Å². The average molecular weight is 232 g/mol. The van der Waals surface area contributed by atoms with E-state index in [2.05, 4.69) is 4.98 Å². The van der Waals surface area contributed by atoms with Gasteiger partial charge in [0.1, 0.15) is 11.6 Å². The molecule has 2 heterocycles. The van der Waals surface area contributed by atoms with E-state index in [4.69, 9.17) is 4.42 Å². The van der Waals surface area contributed by atoms with Gasteiger partial charge < -0.3 is 8.98 Å². The lowest BCUT2D eigenvalue weighted by molar-refractivity contribution is 0.0980. The Kier molecular flexibility index (Phi) is 3.42. The highest BCUT2D eigenvalue weighted by atomic mass is 16.3. The second-order valence-corrected chi connectivity index (χ2v) is 3.99. The summed E-state index contributed by atoms with van der Waals surface area (Å²) in [5.41, 5.74) is 0.710. The standard InChI is InChI=1S/C13H16N2O2/c1-3-12-10(6-9-17-12)11(16)4-5-13-14-7-8-15(13)2/h6-9H,3-5H2,1-2H3. The predicted octanol–water partition coefficient (Wildman–Crippen LogP) is 2.39. The summed E-state index contributed by atoms with van der Waals surface area (Å²) in [6.45, 7) is 1.98. The maximum Gasteiger partial charge on any atom is 0.166 e. The fourth-order valence-corrected chi connectivity index (χ4v) is 1.86. The molecule has 0 spiro atoms. The van der Waals surface area contributed by atoms with E-state index in [0.717, 1.165) is 18.0 Å². The number of aryl methyl sites for hydroxylation is 3. The monoisotopic (exact) mass is 232 g/mol. The molecule has 0 aliphatic heterocycles. The Morgan fingerprint density at radius 2 is 2.35 bits per heavy atom. The van der Waals surface area contributed by atoms with Crippen LogP contribution >= 0.6 is 0 Å². The van der Waals surface area contributed by atoms with Crippen molar-refractivity contribution >= 4 is 5.78 Å². The number of aromatic nitrogens is 2. The lowest BCUT2D eigenvalue weighted by Gasteiger charge is -2.01. The molecule has 90 valence electrons. The van der Waals surface area contributed by atoms with Crippen LogP contribution in [0.2, 0.25) is 0 Å². The van der Waals surface area contributed by atoms with E-state index in [0.29, 0.717) is 18.4 Å². The van der Waals surface area contributed by atoms with Gasteiger partial charge in [-0.15, -0.1) is 0 Å². The molecule has 4 nitrogen and oxygen atoms in total. The van der Waals surface area contributed by atoms with Gasteiger partial charge in [0.15, 0.2) is 5.78 Å². The third-order valence-corrected chi connectivity index (χ3v) is 2.86. The van der Waals surface area contributed by atoms with Gasteiger partial charge in [0.05, 0.1) is 11.8 Å². The van der Waals surface area contributed by atoms with Crippen LogP contribution < -0.4 is 0 Å². The molecule has 2 rings (SSSR count). The second kappa shape index (κ2) is 4.99. The quantitative estimate of drug-likeness (QED) is 0.744. The van der Waals surface area contributed by atoms with Crippen LogP contribution in [0.4, 0.5) is 0 Å². The van der Waals surface area contributed by atoms with Gasteiger partial charge in [0.25, 0.3) is 0 Å². The molecule has 0 atom stereocenters. The highest BCUT2D eigenvalue weighted by Gasteiger charge is 2.13. The van der Waals surface area contributed by atoms with Crippen molar-refractivity contribution in [1.29, 1.82) is 0 Å². The van der Waals surface area contributed by atoms with Gasteiger partial charge in [-0.25, -0.2) is 4.98 Å². The molecule has 0 N–H and O–H groups in total. The molecule has 0 saturated heterocycles. The minimum atomic E-state index is 0.124. The predicted molar refractivity (Wildman–Crippen MR) is 63.9 cm³/mol. The van der Waals surface area contributed by atoms with Crippen molar-refractivity contribution in [2.45, 2.75) is 26.2 Å². The lowest BCUT2D eigenvalue weighted by atomic mass is 10.1. The zero-order valence-electron chi connectivity index (χ0n) is 10.1. The summed E-state index contributed by atoms with van der Waals surface area (Å²) >= 11 is 0. The smallest absolute Gasteiger partial charge is 0.166 e. The van der Waals surface area contributed by atoms with Gasteiger partial charge in [0, 0.05) is 38.7 Å². The topological polar surface area (TPSA) is 48.0 Å². The summed E-state index contributed by atoms with van der Waals surface area (Å²) in [6, 6.07) is 1.75. The van der Waals surface area contributed by atoms with Crippen LogP contribution in [0.15, 0.2) is 29.1 Å². The Balaban J connectivity index is 2.01. The summed E-state index contributed by atoms with van der Waals surface area (Å²) < 4.78 is 7.19. The van der Waals surface area contributed by atoms with E-state index in [-0.39, 0.29) is 5.78 Å². The fourth-order valence-electron chi connectivity index (χ4n) is 1.86. The Morgan fingerprint density at radius 1 is 1.53 bits per heavy atom. The van der Waals surface area contributed by atoms with Crippen LogP contribution in [0.5, 0.6) is 0 Å². The molecule has 2 aromatic heterocycles. The van der Waals surface area contributed by atoms with Gasteiger partial charge in [-0.1, -0.05) is 6.92 Å². The summed E-state index contributed by atoms with van der Waals surface area (Å²) in [6.07, 6.45) is 7.08. The molecule has 0 amide bonds. The van der Waals surface area contributed by atoms with E-state index in [1.807, 2.05) is 24.7 Å². The first-order chi connectivity index (χ1) is 8.22. The number of hydrogen-bond donors (Lipinski definition) is 0. The zero-order valence-corrected chi connectivity index (χ0v) is 10.1. The SMILES string of the molecule is CCc1occc1C(=O)CCc1nccn1C. The van der Waals surface area contributed by atoms with Gasteiger partial charge in [-0.05, 0) is 6.07 Å². The first-order valence-corrected chi connectivity index (χ1v) is 5.78. The Hall–Kier alpha value is -1.84.